The van der Waals surface area contributed by atoms with Crippen LogP contribution >= 0.6 is 0 Å². The predicted octanol–water partition coefficient (Wildman–Crippen LogP) is 3.43. The van der Waals surface area contributed by atoms with Crippen molar-refractivity contribution in [1.82, 2.24) is 9.88 Å². The maximum atomic E-state index is 12.9. The number of amides is 1. The Kier molecular flexibility index (Phi) is 5.01. The average Bonchev–Trinajstić information content (AvgIpc) is 2.52. The molecule has 0 bridgehead atoms. The molecule has 0 aliphatic heterocycles. The summed E-state index contributed by atoms with van der Waals surface area (Å²) < 4.78 is 40.3. The molecule has 1 aromatic heterocycles. The summed E-state index contributed by atoms with van der Waals surface area (Å²) in [6.45, 7) is 6.40. The van der Waals surface area contributed by atoms with Crippen LogP contribution in [0.4, 0.5) is 13.2 Å². The van der Waals surface area contributed by atoms with Gasteiger partial charge in [0.2, 0.25) is 5.43 Å². The molecule has 1 aromatic carbocycles. The van der Waals surface area contributed by atoms with Crippen molar-refractivity contribution in [2.45, 2.75) is 33.5 Å². The minimum Gasteiger partial charge on any atom is -0.352 e. The first-order chi connectivity index (χ1) is 11.1. The summed E-state index contributed by atoms with van der Waals surface area (Å²) in [6.07, 6.45) is -3.15. The minimum atomic E-state index is -4.55. The molecule has 1 N–H and O–H groups in total. The normalized spacial score (nSPS) is 12.0. The minimum absolute atomic E-state index is 0.108. The van der Waals surface area contributed by atoms with E-state index in [1.54, 1.807) is 11.5 Å². The van der Waals surface area contributed by atoms with Crippen molar-refractivity contribution in [2.24, 2.45) is 5.92 Å². The summed E-state index contributed by atoms with van der Waals surface area (Å²) in [4.78, 5) is 24.7. The Morgan fingerprint density at radius 1 is 1.29 bits per heavy atom. The van der Waals surface area contributed by atoms with Crippen LogP contribution in [0, 0.1) is 5.92 Å². The Labute approximate surface area is 137 Å². The third-order valence-electron chi connectivity index (χ3n) is 3.66. The van der Waals surface area contributed by atoms with E-state index >= 15 is 0 Å². The van der Waals surface area contributed by atoms with Gasteiger partial charge in [0.25, 0.3) is 5.91 Å². The number of halogens is 3. The Bertz CT molecular complexity index is 823. The van der Waals surface area contributed by atoms with Crippen LogP contribution in [0.25, 0.3) is 10.9 Å². The Balaban J connectivity index is 2.63. The van der Waals surface area contributed by atoms with E-state index in [4.69, 9.17) is 0 Å². The van der Waals surface area contributed by atoms with Gasteiger partial charge >= 0.3 is 6.18 Å². The number of benzene rings is 1. The van der Waals surface area contributed by atoms with Gasteiger partial charge in [-0.1, -0.05) is 13.8 Å². The van der Waals surface area contributed by atoms with Gasteiger partial charge in [-0.15, -0.1) is 0 Å². The van der Waals surface area contributed by atoms with Crippen LogP contribution in [0.5, 0.6) is 0 Å². The zero-order valence-corrected chi connectivity index (χ0v) is 13.7. The van der Waals surface area contributed by atoms with E-state index in [1.807, 2.05) is 13.8 Å². The van der Waals surface area contributed by atoms with Gasteiger partial charge in [0.15, 0.2) is 0 Å². The standard InChI is InChI=1S/C17H19F3N2O2/c1-4-22-9-13(16(24)21-8-10(2)3)15(23)12-7-11(17(18,19)20)5-6-14(12)22/h5-7,9-10H,4,8H2,1-3H3,(H,21,24). The molecule has 0 atom stereocenters. The highest BCUT2D eigenvalue weighted by atomic mass is 19.4. The Hall–Kier alpha value is -2.31. The first kappa shape index (κ1) is 18.0. The van der Waals surface area contributed by atoms with E-state index in [1.165, 1.54) is 12.3 Å². The van der Waals surface area contributed by atoms with Crippen LogP contribution in [0.2, 0.25) is 0 Å². The van der Waals surface area contributed by atoms with Gasteiger partial charge in [0.05, 0.1) is 11.1 Å². The molecule has 7 heteroatoms. The number of rotatable bonds is 4. The molecular formula is C17H19F3N2O2. The topological polar surface area (TPSA) is 51.1 Å². The smallest absolute Gasteiger partial charge is 0.352 e. The second-order valence-corrected chi connectivity index (χ2v) is 5.99. The molecule has 0 saturated carbocycles. The summed E-state index contributed by atoms with van der Waals surface area (Å²) in [5.74, 6) is -0.380. The van der Waals surface area contributed by atoms with Gasteiger partial charge in [-0.3, -0.25) is 9.59 Å². The lowest BCUT2D eigenvalue weighted by molar-refractivity contribution is -0.137. The zero-order chi connectivity index (χ0) is 18.1. The maximum Gasteiger partial charge on any atom is 0.416 e. The molecule has 0 fully saturated rings. The third kappa shape index (κ3) is 3.60. The quantitative estimate of drug-likeness (QED) is 0.927. The van der Waals surface area contributed by atoms with E-state index in [-0.39, 0.29) is 16.9 Å². The summed E-state index contributed by atoms with van der Waals surface area (Å²) in [7, 11) is 0. The predicted molar refractivity (Wildman–Crippen MR) is 86.1 cm³/mol. The first-order valence-corrected chi connectivity index (χ1v) is 7.67. The van der Waals surface area contributed by atoms with E-state index < -0.39 is 23.1 Å². The lowest BCUT2D eigenvalue weighted by Crippen LogP contribution is -2.32. The van der Waals surface area contributed by atoms with E-state index in [0.29, 0.717) is 18.6 Å². The van der Waals surface area contributed by atoms with Crippen LogP contribution in [-0.4, -0.2) is 17.0 Å². The summed E-state index contributed by atoms with van der Waals surface area (Å²) in [5.41, 5.74) is -1.38. The van der Waals surface area contributed by atoms with E-state index in [0.717, 1.165) is 12.1 Å². The van der Waals surface area contributed by atoms with Crippen molar-refractivity contribution in [2.75, 3.05) is 6.54 Å². The number of aromatic nitrogens is 1. The largest absolute Gasteiger partial charge is 0.416 e. The van der Waals surface area contributed by atoms with Crippen LogP contribution < -0.4 is 10.7 Å². The van der Waals surface area contributed by atoms with Gasteiger partial charge in [-0.25, -0.2) is 0 Å². The number of pyridine rings is 1. The van der Waals surface area contributed by atoms with Crippen LogP contribution in [-0.2, 0) is 12.7 Å². The number of nitrogens with one attached hydrogen (secondary N) is 1. The van der Waals surface area contributed by atoms with Crippen molar-refractivity contribution < 1.29 is 18.0 Å². The Morgan fingerprint density at radius 3 is 2.50 bits per heavy atom. The molecule has 130 valence electrons. The fraction of sp³-hybridized carbons (Fsp3) is 0.412. The molecule has 0 aliphatic rings. The molecule has 1 heterocycles. The monoisotopic (exact) mass is 340 g/mol. The number of hydrogen-bond acceptors (Lipinski definition) is 2. The number of carbonyl (C=O) groups is 1. The van der Waals surface area contributed by atoms with Crippen molar-refractivity contribution in [3.8, 4) is 0 Å². The molecule has 0 radical (unpaired) electrons. The summed E-state index contributed by atoms with van der Waals surface area (Å²) >= 11 is 0. The van der Waals surface area contributed by atoms with Crippen molar-refractivity contribution in [3.05, 3.63) is 45.7 Å². The summed E-state index contributed by atoms with van der Waals surface area (Å²) in [5, 5.41) is 2.52. The third-order valence-corrected chi connectivity index (χ3v) is 3.66. The van der Waals surface area contributed by atoms with Crippen molar-refractivity contribution in [1.29, 1.82) is 0 Å². The fourth-order valence-electron chi connectivity index (χ4n) is 2.39. The van der Waals surface area contributed by atoms with Crippen LogP contribution in [0.15, 0.2) is 29.2 Å². The molecule has 2 rings (SSSR count). The molecule has 0 saturated heterocycles. The number of alkyl halides is 3. The molecule has 0 aliphatic carbocycles. The Morgan fingerprint density at radius 2 is 1.96 bits per heavy atom. The van der Waals surface area contributed by atoms with Crippen molar-refractivity contribution in [3.63, 3.8) is 0 Å². The molecule has 2 aromatic rings. The SMILES string of the molecule is CCn1cc(C(=O)NCC(C)C)c(=O)c2cc(C(F)(F)F)ccc21. The second kappa shape index (κ2) is 6.67. The van der Waals surface area contributed by atoms with Gasteiger partial charge < -0.3 is 9.88 Å². The number of hydrogen-bond donors (Lipinski definition) is 1. The highest BCUT2D eigenvalue weighted by Gasteiger charge is 2.31. The fourth-order valence-corrected chi connectivity index (χ4v) is 2.39. The highest BCUT2D eigenvalue weighted by molar-refractivity contribution is 5.97. The van der Waals surface area contributed by atoms with Gasteiger partial charge in [-0.2, -0.15) is 13.2 Å². The lowest BCUT2D eigenvalue weighted by atomic mass is 10.1. The highest BCUT2D eigenvalue weighted by Crippen LogP contribution is 2.30. The molecule has 1 amide bonds. The average molecular weight is 340 g/mol. The van der Waals surface area contributed by atoms with Gasteiger partial charge in [0, 0.05) is 24.7 Å². The molecule has 0 spiro atoms. The van der Waals surface area contributed by atoms with Gasteiger partial charge in [0.1, 0.15) is 5.56 Å². The summed E-state index contributed by atoms with van der Waals surface area (Å²) in [6, 6.07) is 3.01. The first-order valence-electron chi connectivity index (χ1n) is 7.67. The zero-order valence-electron chi connectivity index (χ0n) is 13.7. The number of fused-ring (bicyclic) bond motifs is 1. The van der Waals surface area contributed by atoms with E-state index in [9.17, 15) is 22.8 Å². The molecule has 4 nitrogen and oxygen atoms in total. The second-order valence-electron chi connectivity index (χ2n) is 5.99. The number of nitrogens with zero attached hydrogens (tertiary/aromatic N) is 1. The van der Waals surface area contributed by atoms with Gasteiger partial charge in [-0.05, 0) is 31.0 Å². The number of aryl methyl sites for hydroxylation is 1. The maximum absolute atomic E-state index is 12.9. The lowest BCUT2D eigenvalue weighted by Gasteiger charge is -2.14. The molecule has 0 unspecified atom stereocenters. The number of carbonyl (C=O) groups excluding carboxylic acids is 1. The van der Waals surface area contributed by atoms with E-state index in [2.05, 4.69) is 5.32 Å². The molecular weight excluding hydrogens is 321 g/mol. The molecule has 24 heavy (non-hydrogen) atoms. The van der Waals surface area contributed by atoms with Crippen molar-refractivity contribution >= 4 is 16.8 Å². The van der Waals surface area contributed by atoms with Crippen LogP contribution in [0.3, 0.4) is 0 Å². The van der Waals surface area contributed by atoms with Crippen LogP contribution in [0.1, 0.15) is 36.7 Å².